The summed E-state index contributed by atoms with van der Waals surface area (Å²) in [6, 6.07) is 0. The van der Waals surface area contributed by atoms with E-state index in [2.05, 4.69) is 31.1 Å². The van der Waals surface area contributed by atoms with Crippen LogP contribution in [0.1, 0.15) is 27.7 Å². The van der Waals surface area contributed by atoms with Gasteiger partial charge in [0.15, 0.2) is 5.76 Å². The molecular weight excluding hydrogens is 244 g/mol. The molecule has 100 valence electrons. The monoisotopic (exact) mass is 266 g/mol. The summed E-state index contributed by atoms with van der Waals surface area (Å²) in [5.74, 6) is 2.69. The van der Waals surface area contributed by atoms with Gasteiger partial charge in [-0.3, -0.25) is 4.79 Å². The fraction of sp³-hybridized carbons (Fsp3) is 0.643. The molecule has 0 heterocycles. The standard InChI is InChI=1S/C14H22O3Si/c1-10-11(15)14(16,8-9-18(5,6)7)12(10)17-13(2,3)4/h16H,1-7H3. The summed E-state index contributed by atoms with van der Waals surface area (Å²) in [6.45, 7) is 13.5. The number of hydrogen-bond acceptors (Lipinski definition) is 3. The van der Waals surface area contributed by atoms with Crippen molar-refractivity contribution in [3.63, 3.8) is 0 Å². The molecule has 0 aromatic rings. The zero-order valence-corrected chi connectivity index (χ0v) is 13.3. The number of carbonyl (C=O) groups excluding carboxylic acids is 1. The molecule has 0 saturated carbocycles. The lowest BCUT2D eigenvalue weighted by atomic mass is 9.79. The average Bonchev–Trinajstić information content (AvgIpc) is 2.19. The van der Waals surface area contributed by atoms with E-state index in [0.717, 1.165) is 0 Å². The lowest BCUT2D eigenvalue weighted by molar-refractivity contribution is -0.137. The summed E-state index contributed by atoms with van der Waals surface area (Å²) in [5.41, 5.74) is 1.33. The molecule has 1 aliphatic rings. The zero-order chi connectivity index (χ0) is 14.4. The predicted molar refractivity (Wildman–Crippen MR) is 74.6 cm³/mol. The van der Waals surface area contributed by atoms with Crippen LogP contribution in [-0.4, -0.2) is 30.2 Å². The molecule has 18 heavy (non-hydrogen) atoms. The van der Waals surface area contributed by atoms with Crippen LogP contribution in [0.3, 0.4) is 0 Å². The lowest BCUT2D eigenvalue weighted by Crippen LogP contribution is -2.52. The summed E-state index contributed by atoms with van der Waals surface area (Å²) in [4.78, 5) is 11.8. The van der Waals surface area contributed by atoms with E-state index in [1.807, 2.05) is 20.8 Å². The van der Waals surface area contributed by atoms with Crippen LogP contribution in [0.4, 0.5) is 0 Å². The Morgan fingerprint density at radius 2 is 1.78 bits per heavy atom. The van der Waals surface area contributed by atoms with E-state index >= 15 is 0 Å². The highest BCUT2D eigenvalue weighted by atomic mass is 28.3. The molecule has 0 saturated heterocycles. The Hall–Kier alpha value is -1.05. The number of hydrogen-bond donors (Lipinski definition) is 1. The van der Waals surface area contributed by atoms with Crippen molar-refractivity contribution in [1.29, 1.82) is 0 Å². The van der Waals surface area contributed by atoms with Crippen molar-refractivity contribution in [2.24, 2.45) is 0 Å². The number of ether oxygens (including phenoxy) is 1. The molecule has 3 nitrogen and oxygen atoms in total. The molecule has 0 amide bonds. The van der Waals surface area contributed by atoms with Crippen molar-refractivity contribution < 1.29 is 14.6 Å². The van der Waals surface area contributed by atoms with Crippen LogP contribution < -0.4 is 0 Å². The topological polar surface area (TPSA) is 46.5 Å². The highest BCUT2D eigenvalue weighted by Crippen LogP contribution is 2.38. The maximum Gasteiger partial charge on any atom is 0.246 e. The van der Waals surface area contributed by atoms with Crippen molar-refractivity contribution in [1.82, 2.24) is 0 Å². The molecule has 0 spiro atoms. The van der Waals surface area contributed by atoms with Crippen molar-refractivity contribution in [3.05, 3.63) is 11.3 Å². The third kappa shape index (κ3) is 3.04. The number of rotatable bonds is 1. The normalized spacial score (nSPS) is 24.3. The molecule has 1 rings (SSSR count). The fourth-order valence-electron chi connectivity index (χ4n) is 1.53. The van der Waals surface area contributed by atoms with Crippen molar-refractivity contribution in [3.8, 4) is 11.5 Å². The molecule has 1 aliphatic carbocycles. The van der Waals surface area contributed by atoms with E-state index in [4.69, 9.17) is 4.74 Å². The van der Waals surface area contributed by atoms with Gasteiger partial charge in [-0.15, -0.1) is 5.54 Å². The van der Waals surface area contributed by atoms with E-state index in [0.29, 0.717) is 11.3 Å². The first-order valence-electron chi connectivity index (χ1n) is 6.09. The molecule has 0 radical (unpaired) electrons. The molecule has 1 atom stereocenters. The van der Waals surface area contributed by atoms with E-state index in [1.165, 1.54) is 0 Å². The number of ketones is 1. The molecule has 1 unspecified atom stereocenters. The fourth-order valence-corrected chi connectivity index (χ4v) is 2.09. The summed E-state index contributed by atoms with van der Waals surface area (Å²) < 4.78 is 5.66. The highest BCUT2D eigenvalue weighted by Gasteiger charge is 2.53. The maximum absolute atomic E-state index is 11.8. The third-order valence-electron chi connectivity index (χ3n) is 2.37. The van der Waals surface area contributed by atoms with Gasteiger partial charge in [-0.05, 0) is 27.7 Å². The summed E-state index contributed by atoms with van der Waals surface area (Å²) in [7, 11) is -1.64. The number of Topliss-reactive ketones (excluding diaryl/α,β-unsaturated/α-hetero) is 1. The minimum Gasteiger partial charge on any atom is -0.487 e. The van der Waals surface area contributed by atoms with E-state index in [-0.39, 0.29) is 5.78 Å². The highest BCUT2D eigenvalue weighted by molar-refractivity contribution is 6.83. The van der Waals surface area contributed by atoms with Crippen molar-refractivity contribution in [2.45, 2.75) is 58.5 Å². The van der Waals surface area contributed by atoms with Crippen LogP contribution in [0.2, 0.25) is 19.6 Å². The zero-order valence-electron chi connectivity index (χ0n) is 12.3. The van der Waals surface area contributed by atoms with Gasteiger partial charge in [-0.1, -0.05) is 25.6 Å². The molecule has 0 fully saturated rings. The van der Waals surface area contributed by atoms with Crippen molar-refractivity contribution >= 4 is 13.9 Å². The predicted octanol–water partition coefficient (Wildman–Crippen LogP) is 2.27. The Balaban J connectivity index is 3.10. The third-order valence-corrected chi connectivity index (χ3v) is 3.24. The van der Waals surface area contributed by atoms with Crippen LogP contribution in [0.5, 0.6) is 0 Å². The Morgan fingerprint density at radius 1 is 1.28 bits per heavy atom. The van der Waals surface area contributed by atoms with Gasteiger partial charge in [0, 0.05) is 5.57 Å². The minimum atomic E-state index is -1.72. The summed E-state index contributed by atoms with van der Waals surface area (Å²) in [6.07, 6.45) is 0. The second-order valence-electron chi connectivity index (χ2n) is 6.71. The molecule has 0 aliphatic heterocycles. The number of aliphatic hydroxyl groups is 1. The first-order valence-corrected chi connectivity index (χ1v) is 9.59. The van der Waals surface area contributed by atoms with Crippen molar-refractivity contribution in [2.75, 3.05) is 0 Å². The maximum atomic E-state index is 11.8. The van der Waals surface area contributed by atoms with Gasteiger partial charge < -0.3 is 9.84 Å². The molecule has 0 aromatic carbocycles. The van der Waals surface area contributed by atoms with Gasteiger partial charge in [0.2, 0.25) is 11.4 Å². The number of carbonyl (C=O) groups is 1. The quantitative estimate of drug-likeness (QED) is 0.585. The SMILES string of the molecule is CC1=C(OC(C)(C)C)C(O)(C#C[Si](C)(C)C)C1=O. The Kier molecular flexibility index (Phi) is 3.54. The Bertz CT molecular complexity index is 466. The van der Waals surface area contributed by atoms with Gasteiger partial charge in [-0.25, -0.2) is 0 Å². The molecule has 0 aromatic heterocycles. The van der Waals surface area contributed by atoms with Crippen LogP contribution in [0.15, 0.2) is 11.3 Å². The van der Waals surface area contributed by atoms with E-state index < -0.39 is 19.3 Å². The molecular formula is C14H22O3Si. The minimum absolute atomic E-state index is 0.311. The molecule has 0 bridgehead atoms. The van der Waals surface area contributed by atoms with Gasteiger partial charge >= 0.3 is 0 Å². The van der Waals surface area contributed by atoms with Gasteiger partial charge in [-0.2, -0.15) is 0 Å². The second-order valence-corrected chi connectivity index (χ2v) is 11.5. The Morgan fingerprint density at radius 3 is 2.17 bits per heavy atom. The van der Waals surface area contributed by atoms with Gasteiger partial charge in [0.25, 0.3) is 0 Å². The van der Waals surface area contributed by atoms with Crippen LogP contribution in [-0.2, 0) is 9.53 Å². The van der Waals surface area contributed by atoms with E-state index in [1.54, 1.807) is 6.92 Å². The average molecular weight is 266 g/mol. The van der Waals surface area contributed by atoms with Gasteiger partial charge in [0.1, 0.15) is 13.7 Å². The van der Waals surface area contributed by atoms with Crippen LogP contribution >= 0.6 is 0 Å². The summed E-state index contributed by atoms with van der Waals surface area (Å²) in [5, 5.41) is 10.4. The molecule has 1 N–H and O–H groups in total. The lowest BCUT2D eigenvalue weighted by Gasteiger charge is -2.38. The Labute approximate surface area is 110 Å². The second kappa shape index (κ2) is 4.25. The van der Waals surface area contributed by atoms with Crippen LogP contribution in [0, 0.1) is 11.5 Å². The van der Waals surface area contributed by atoms with Crippen LogP contribution in [0.25, 0.3) is 0 Å². The first-order chi connectivity index (χ1) is 7.87. The summed E-state index contributed by atoms with van der Waals surface area (Å²) >= 11 is 0. The van der Waals surface area contributed by atoms with E-state index in [9.17, 15) is 9.90 Å². The largest absolute Gasteiger partial charge is 0.487 e. The smallest absolute Gasteiger partial charge is 0.246 e. The first kappa shape index (κ1) is 15.0. The van der Waals surface area contributed by atoms with Gasteiger partial charge in [0.05, 0.1) is 0 Å². The molecule has 4 heteroatoms.